The van der Waals surface area contributed by atoms with Gasteiger partial charge < -0.3 is 15.3 Å². The highest BCUT2D eigenvalue weighted by Crippen LogP contribution is 2.11. The van der Waals surface area contributed by atoms with Gasteiger partial charge in [-0.15, -0.1) is 0 Å². The summed E-state index contributed by atoms with van der Waals surface area (Å²) in [6, 6.07) is 0. The molecule has 22 heavy (non-hydrogen) atoms. The Bertz CT molecular complexity index is 241. The molecule has 0 bridgehead atoms. The van der Waals surface area contributed by atoms with E-state index in [4.69, 9.17) is 5.11 Å². The molecule has 0 radical (unpaired) electrons. The third kappa shape index (κ3) is 14.6. The van der Waals surface area contributed by atoms with Crippen molar-refractivity contribution in [3.8, 4) is 0 Å². The van der Waals surface area contributed by atoms with Crippen LogP contribution in [0.1, 0.15) is 90.4 Å². The molecule has 0 aliphatic heterocycles. The van der Waals surface area contributed by atoms with Gasteiger partial charge >= 0.3 is 0 Å². The Morgan fingerprint density at radius 1 is 0.682 bits per heavy atom. The lowest BCUT2D eigenvalue weighted by molar-refractivity contribution is -0.0185. The molecule has 3 heteroatoms. The van der Waals surface area contributed by atoms with Crippen molar-refractivity contribution in [1.82, 2.24) is 0 Å². The molecule has 0 rings (SSSR count). The average molecular weight is 315 g/mol. The van der Waals surface area contributed by atoms with Crippen LogP contribution in [0, 0.1) is 0 Å². The number of aliphatic hydroxyl groups excluding tert-OH is 3. The normalized spacial score (nSPS) is 14.5. The van der Waals surface area contributed by atoms with Crippen LogP contribution in [0.3, 0.4) is 0 Å². The van der Waals surface area contributed by atoms with Gasteiger partial charge in [-0.25, -0.2) is 0 Å². The zero-order valence-electron chi connectivity index (χ0n) is 14.6. The first-order valence-corrected chi connectivity index (χ1v) is 9.34. The van der Waals surface area contributed by atoms with Gasteiger partial charge in [-0.05, 0) is 32.1 Å². The van der Waals surface area contributed by atoms with Crippen molar-refractivity contribution in [2.24, 2.45) is 0 Å². The summed E-state index contributed by atoms with van der Waals surface area (Å²) in [7, 11) is 0. The number of allylic oxidation sites excluding steroid dienone is 2. The maximum Gasteiger partial charge on any atom is 0.103 e. The summed E-state index contributed by atoms with van der Waals surface area (Å²) >= 11 is 0. The van der Waals surface area contributed by atoms with E-state index in [-0.39, 0.29) is 6.61 Å². The van der Waals surface area contributed by atoms with Crippen molar-refractivity contribution in [3.05, 3.63) is 12.2 Å². The fourth-order valence-corrected chi connectivity index (χ4v) is 2.56. The van der Waals surface area contributed by atoms with Crippen LogP contribution in [0.25, 0.3) is 0 Å². The third-order valence-electron chi connectivity index (χ3n) is 4.14. The molecule has 0 aliphatic rings. The van der Waals surface area contributed by atoms with Crippen LogP contribution < -0.4 is 0 Å². The summed E-state index contributed by atoms with van der Waals surface area (Å²) < 4.78 is 0. The van der Waals surface area contributed by atoms with Crippen molar-refractivity contribution in [2.75, 3.05) is 6.61 Å². The lowest BCUT2D eigenvalue weighted by Crippen LogP contribution is -2.28. The van der Waals surface area contributed by atoms with Crippen LogP contribution in [-0.2, 0) is 0 Å². The zero-order valence-corrected chi connectivity index (χ0v) is 14.6. The van der Waals surface area contributed by atoms with E-state index < -0.39 is 12.2 Å². The molecule has 0 aromatic heterocycles. The minimum absolute atomic E-state index is 0.354. The van der Waals surface area contributed by atoms with Crippen molar-refractivity contribution in [3.63, 3.8) is 0 Å². The second-order valence-electron chi connectivity index (χ2n) is 6.34. The molecule has 132 valence electrons. The highest BCUT2D eigenvalue weighted by Gasteiger charge is 2.13. The second-order valence-corrected chi connectivity index (χ2v) is 6.34. The maximum atomic E-state index is 9.49. The SMILES string of the molecule is CCCCCC/C=C\CCCCCCCCC(O)[C@@H](O)CO. The molecule has 0 aliphatic carbocycles. The fraction of sp³-hybridized carbons (Fsp3) is 0.895. The number of rotatable bonds is 16. The van der Waals surface area contributed by atoms with Crippen LogP contribution >= 0.6 is 0 Å². The van der Waals surface area contributed by atoms with E-state index in [9.17, 15) is 10.2 Å². The van der Waals surface area contributed by atoms with Crippen molar-refractivity contribution < 1.29 is 15.3 Å². The fourth-order valence-electron chi connectivity index (χ4n) is 2.56. The van der Waals surface area contributed by atoms with Gasteiger partial charge in [0.2, 0.25) is 0 Å². The van der Waals surface area contributed by atoms with Gasteiger partial charge in [0.15, 0.2) is 0 Å². The van der Waals surface area contributed by atoms with Crippen LogP contribution in [0.15, 0.2) is 12.2 Å². The molecule has 0 fully saturated rings. The molecular weight excluding hydrogens is 276 g/mol. The van der Waals surface area contributed by atoms with E-state index in [0.717, 1.165) is 12.8 Å². The Kier molecular flexibility index (Phi) is 16.7. The minimum Gasteiger partial charge on any atom is -0.394 e. The molecule has 3 nitrogen and oxygen atoms in total. The van der Waals surface area contributed by atoms with Crippen molar-refractivity contribution >= 4 is 0 Å². The van der Waals surface area contributed by atoms with E-state index in [0.29, 0.717) is 6.42 Å². The summed E-state index contributed by atoms with van der Waals surface area (Å²) in [5.74, 6) is 0. The number of aliphatic hydroxyl groups is 3. The van der Waals surface area contributed by atoms with Gasteiger partial charge in [-0.2, -0.15) is 0 Å². The molecule has 0 saturated heterocycles. The minimum atomic E-state index is -0.978. The van der Waals surface area contributed by atoms with Crippen LogP contribution in [-0.4, -0.2) is 34.1 Å². The van der Waals surface area contributed by atoms with Crippen molar-refractivity contribution in [2.45, 2.75) is 103 Å². The van der Waals surface area contributed by atoms with Gasteiger partial charge in [-0.3, -0.25) is 0 Å². The number of hydrogen-bond donors (Lipinski definition) is 3. The summed E-state index contributed by atoms with van der Waals surface area (Å²) in [4.78, 5) is 0. The molecule has 0 spiro atoms. The van der Waals surface area contributed by atoms with Crippen molar-refractivity contribution in [1.29, 1.82) is 0 Å². The molecule has 0 aromatic rings. The number of hydrogen-bond acceptors (Lipinski definition) is 3. The topological polar surface area (TPSA) is 60.7 Å². The smallest absolute Gasteiger partial charge is 0.103 e. The van der Waals surface area contributed by atoms with Gasteiger partial charge in [0, 0.05) is 0 Å². The Labute approximate surface area is 137 Å². The molecule has 0 saturated carbocycles. The summed E-state index contributed by atoms with van der Waals surface area (Å²) in [6.07, 6.45) is 18.4. The second kappa shape index (κ2) is 17.0. The Hall–Kier alpha value is -0.380. The van der Waals surface area contributed by atoms with E-state index in [1.54, 1.807) is 0 Å². The third-order valence-corrected chi connectivity index (χ3v) is 4.14. The summed E-state index contributed by atoms with van der Waals surface area (Å²) in [5, 5.41) is 27.4. The first-order valence-electron chi connectivity index (χ1n) is 9.34. The van der Waals surface area contributed by atoms with Crippen LogP contribution in [0.5, 0.6) is 0 Å². The maximum absolute atomic E-state index is 9.49. The zero-order chi connectivity index (χ0) is 16.5. The van der Waals surface area contributed by atoms with E-state index in [1.807, 2.05) is 0 Å². The summed E-state index contributed by atoms with van der Waals surface area (Å²) in [6.45, 7) is 1.89. The lowest BCUT2D eigenvalue weighted by atomic mass is 10.0. The van der Waals surface area contributed by atoms with Crippen LogP contribution in [0.2, 0.25) is 0 Å². The highest BCUT2D eigenvalue weighted by molar-refractivity contribution is 4.81. The van der Waals surface area contributed by atoms with Gasteiger partial charge in [-0.1, -0.05) is 70.4 Å². The Balaban J connectivity index is 3.19. The highest BCUT2D eigenvalue weighted by atomic mass is 16.4. The molecule has 0 aromatic carbocycles. The average Bonchev–Trinajstić information content (AvgIpc) is 2.54. The van der Waals surface area contributed by atoms with Gasteiger partial charge in [0.1, 0.15) is 6.10 Å². The predicted molar refractivity (Wildman–Crippen MR) is 93.9 cm³/mol. The van der Waals surface area contributed by atoms with E-state index >= 15 is 0 Å². The summed E-state index contributed by atoms with van der Waals surface area (Å²) in [5.41, 5.74) is 0. The lowest BCUT2D eigenvalue weighted by Gasteiger charge is -2.14. The number of unbranched alkanes of at least 4 members (excludes halogenated alkanes) is 10. The molecular formula is C19H38O3. The Morgan fingerprint density at radius 2 is 1.18 bits per heavy atom. The monoisotopic (exact) mass is 314 g/mol. The molecule has 2 atom stereocenters. The van der Waals surface area contributed by atoms with E-state index in [2.05, 4.69) is 19.1 Å². The largest absolute Gasteiger partial charge is 0.394 e. The molecule has 0 heterocycles. The van der Waals surface area contributed by atoms with Crippen LogP contribution in [0.4, 0.5) is 0 Å². The molecule has 0 amide bonds. The molecule has 3 N–H and O–H groups in total. The standard InChI is InChI=1S/C19H38O3/c1-2-3-4-5-6-7-8-9-10-11-12-13-14-15-16-18(21)19(22)17-20/h7-8,18-22H,2-6,9-17H2,1H3/b8-7-/t18?,19-/m0/s1. The van der Waals surface area contributed by atoms with E-state index in [1.165, 1.54) is 64.2 Å². The first-order chi connectivity index (χ1) is 10.7. The predicted octanol–water partition coefficient (Wildman–Crippen LogP) is 4.35. The quantitative estimate of drug-likeness (QED) is 0.293. The first kappa shape index (κ1) is 21.6. The van der Waals surface area contributed by atoms with Gasteiger partial charge in [0.25, 0.3) is 0 Å². The van der Waals surface area contributed by atoms with Gasteiger partial charge in [0.05, 0.1) is 12.7 Å². The Morgan fingerprint density at radius 3 is 1.73 bits per heavy atom. The molecule has 1 unspecified atom stereocenters.